The van der Waals surface area contributed by atoms with Crippen LogP contribution in [0.5, 0.6) is 0 Å². The molecule has 1 aromatic rings. The van der Waals surface area contributed by atoms with Crippen LogP contribution < -0.4 is 0 Å². The van der Waals surface area contributed by atoms with Gasteiger partial charge in [-0.05, 0) is 31.0 Å². The van der Waals surface area contributed by atoms with Crippen molar-refractivity contribution in [1.29, 1.82) is 0 Å². The Hall–Kier alpha value is -1.36. The zero-order valence-electron chi connectivity index (χ0n) is 11.4. The highest BCUT2D eigenvalue weighted by Gasteiger charge is 2.45. The lowest BCUT2D eigenvalue weighted by atomic mass is 9.80. The zero-order chi connectivity index (χ0) is 14.8. The lowest BCUT2D eigenvalue weighted by Crippen LogP contribution is -2.56. The molecule has 1 saturated carbocycles. The summed E-state index contributed by atoms with van der Waals surface area (Å²) in [5.74, 6) is -1.14. The van der Waals surface area contributed by atoms with Crippen molar-refractivity contribution in [1.82, 2.24) is 4.90 Å². The summed E-state index contributed by atoms with van der Waals surface area (Å²) in [6.07, 6.45) is 3.79. The van der Waals surface area contributed by atoms with Gasteiger partial charge in [0.25, 0.3) is 5.91 Å². The monoisotopic (exact) mass is 339 g/mol. The van der Waals surface area contributed by atoms with Crippen LogP contribution in [0.4, 0.5) is 0 Å². The summed E-state index contributed by atoms with van der Waals surface area (Å²) in [7, 11) is 1.60. The first-order chi connectivity index (χ1) is 9.47. The maximum absolute atomic E-state index is 12.5. The minimum Gasteiger partial charge on any atom is -0.479 e. The third kappa shape index (κ3) is 2.73. The Kier molecular flexibility index (Phi) is 4.48. The third-order valence-electron chi connectivity index (χ3n) is 4.10. The molecule has 2 rings (SSSR count). The van der Waals surface area contributed by atoms with Crippen LogP contribution in [0.1, 0.15) is 42.5 Å². The summed E-state index contributed by atoms with van der Waals surface area (Å²) in [5, 5.41) is 9.61. The first kappa shape index (κ1) is 15.0. The highest BCUT2D eigenvalue weighted by molar-refractivity contribution is 9.10. The molecule has 0 heterocycles. The summed E-state index contributed by atoms with van der Waals surface area (Å²) in [4.78, 5) is 25.7. The average molecular weight is 340 g/mol. The second kappa shape index (κ2) is 5.95. The van der Waals surface area contributed by atoms with Crippen LogP contribution in [-0.4, -0.2) is 34.5 Å². The van der Waals surface area contributed by atoms with Gasteiger partial charge in [-0.3, -0.25) is 4.79 Å². The Morgan fingerprint density at radius 1 is 1.25 bits per heavy atom. The fraction of sp³-hybridized carbons (Fsp3) is 0.467. The van der Waals surface area contributed by atoms with E-state index in [0.29, 0.717) is 18.4 Å². The molecule has 1 amide bonds. The molecular formula is C15H18BrNO3. The van der Waals surface area contributed by atoms with Crippen LogP contribution in [0.3, 0.4) is 0 Å². The summed E-state index contributed by atoms with van der Waals surface area (Å²) >= 11 is 3.33. The second-order valence-corrected chi connectivity index (χ2v) is 6.19. The van der Waals surface area contributed by atoms with Crippen molar-refractivity contribution in [2.75, 3.05) is 7.05 Å². The van der Waals surface area contributed by atoms with Crippen molar-refractivity contribution in [3.8, 4) is 0 Å². The minimum absolute atomic E-state index is 0.240. The molecule has 4 nitrogen and oxygen atoms in total. The average Bonchev–Trinajstić information content (AvgIpc) is 2.46. The number of benzene rings is 1. The van der Waals surface area contributed by atoms with Crippen LogP contribution in [-0.2, 0) is 4.79 Å². The Labute approximate surface area is 126 Å². The SMILES string of the molecule is CN(C(=O)c1cccc(Br)c1)C1(C(=O)O)CCCCC1. The summed E-state index contributed by atoms with van der Waals surface area (Å²) in [5.41, 5.74) is -0.550. The molecule has 0 saturated heterocycles. The number of carboxylic acid groups (broad SMARTS) is 1. The van der Waals surface area contributed by atoms with Gasteiger partial charge in [0.15, 0.2) is 0 Å². The number of hydrogen-bond acceptors (Lipinski definition) is 2. The molecule has 108 valence electrons. The van der Waals surface area contributed by atoms with Crippen LogP contribution >= 0.6 is 15.9 Å². The van der Waals surface area contributed by atoms with E-state index in [1.54, 1.807) is 25.2 Å². The van der Waals surface area contributed by atoms with E-state index in [2.05, 4.69) is 15.9 Å². The number of carboxylic acids is 1. The van der Waals surface area contributed by atoms with Gasteiger partial charge >= 0.3 is 5.97 Å². The molecule has 5 heteroatoms. The van der Waals surface area contributed by atoms with Crippen molar-refractivity contribution in [3.05, 3.63) is 34.3 Å². The standard InChI is InChI=1S/C15H18BrNO3/c1-17(13(18)11-6-5-7-12(16)10-11)15(14(19)20)8-3-2-4-9-15/h5-7,10H,2-4,8-9H2,1H3,(H,19,20). The Bertz CT molecular complexity index is 524. The zero-order valence-corrected chi connectivity index (χ0v) is 13.0. The lowest BCUT2D eigenvalue weighted by Gasteiger charge is -2.41. The Morgan fingerprint density at radius 3 is 2.45 bits per heavy atom. The van der Waals surface area contributed by atoms with Gasteiger partial charge in [0.1, 0.15) is 5.54 Å². The number of likely N-dealkylation sites (N-methyl/N-ethyl adjacent to an activating group) is 1. The number of hydrogen-bond donors (Lipinski definition) is 1. The molecule has 1 N–H and O–H groups in total. The first-order valence-electron chi connectivity index (χ1n) is 6.74. The molecule has 1 aliphatic rings. The third-order valence-corrected chi connectivity index (χ3v) is 4.59. The van der Waals surface area contributed by atoms with Gasteiger partial charge < -0.3 is 10.0 Å². The van der Waals surface area contributed by atoms with Crippen LogP contribution in [0.2, 0.25) is 0 Å². The van der Waals surface area contributed by atoms with Gasteiger partial charge in [0, 0.05) is 17.1 Å². The van der Waals surface area contributed by atoms with Gasteiger partial charge in [-0.2, -0.15) is 0 Å². The predicted octanol–water partition coefficient (Wildman–Crippen LogP) is 3.31. The predicted molar refractivity (Wildman–Crippen MR) is 79.7 cm³/mol. The maximum atomic E-state index is 12.5. The lowest BCUT2D eigenvalue weighted by molar-refractivity contribution is -0.151. The van der Waals surface area contributed by atoms with E-state index in [1.807, 2.05) is 6.07 Å². The van der Waals surface area contributed by atoms with Crippen LogP contribution in [0, 0.1) is 0 Å². The fourth-order valence-electron chi connectivity index (χ4n) is 2.84. The number of rotatable bonds is 3. The van der Waals surface area contributed by atoms with Crippen LogP contribution in [0.15, 0.2) is 28.7 Å². The van der Waals surface area contributed by atoms with Gasteiger partial charge in [0.2, 0.25) is 0 Å². The largest absolute Gasteiger partial charge is 0.479 e. The molecule has 1 fully saturated rings. The van der Waals surface area contributed by atoms with E-state index in [-0.39, 0.29) is 5.91 Å². The molecule has 0 atom stereocenters. The maximum Gasteiger partial charge on any atom is 0.329 e. The Morgan fingerprint density at radius 2 is 1.90 bits per heavy atom. The molecule has 0 aromatic heterocycles. The van der Waals surface area contributed by atoms with E-state index >= 15 is 0 Å². The molecule has 0 aliphatic heterocycles. The fourth-order valence-corrected chi connectivity index (χ4v) is 3.24. The van der Waals surface area contributed by atoms with Crippen molar-refractivity contribution >= 4 is 27.8 Å². The molecule has 0 radical (unpaired) electrons. The van der Waals surface area contributed by atoms with Crippen molar-refractivity contribution < 1.29 is 14.7 Å². The smallest absolute Gasteiger partial charge is 0.329 e. The molecule has 0 unspecified atom stereocenters. The Balaban J connectivity index is 2.30. The molecule has 0 bridgehead atoms. The number of amides is 1. The van der Waals surface area contributed by atoms with Gasteiger partial charge in [-0.25, -0.2) is 4.79 Å². The molecule has 0 spiro atoms. The van der Waals surface area contributed by atoms with E-state index in [4.69, 9.17) is 0 Å². The van der Waals surface area contributed by atoms with Crippen LogP contribution in [0.25, 0.3) is 0 Å². The quantitative estimate of drug-likeness (QED) is 0.918. The van der Waals surface area contributed by atoms with Crippen molar-refractivity contribution in [2.24, 2.45) is 0 Å². The highest BCUT2D eigenvalue weighted by atomic mass is 79.9. The first-order valence-corrected chi connectivity index (χ1v) is 7.54. The summed E-state index contributed by atoms with van der Waals surface area (Å²) in [6.45, 7) is 0. The van der Waals surface area contributed by atoms with Gasteiger partial charge in [0.05, 0.1) is 0 Å². The molecule has 20 heavy (non-hydrogen) atoms. The molecule has 1 aliphatic carbocycles. The number of carbonyl (C=O) groups excluding carboxylic acids is 1. The topological polar surface area (TPSA) is 57.6 Å². The number of halogens is 1. The number of nitrogens with zero attached hydrogens (tertiary/aromatic N) is 1. The molecular weight excluding hydrogens is 322 g/mol. The summed E-state index contributed by atoms with van der Waals surface area (Å²) < 4.78 is 0.810. The van der Waals surface area contributed by atoms with Crippen molar-refractivity contribution in [3.63, 3.8) is 0 Å². The van der Waals surface area contributed by atoms with Crippen molar-refractivity contribution in [2.45, 2.75) is 37.6 Å². The van der Waals surface area contributed by atoms with E-state index in [1.165, 1.54) is 4.90 Å². The van der Waals surface area contributed by atoms with Gasteiger partial charge in [-0.15, -0.1) is 0 Å². The normalized spacial score (nSPS) is 17.5. The highest BCUT2D eigenvalue weighted by Crippen LogP contribution is 2.34. The summed E-state index contributed by atoms with van der Waals surface area (Å²) in [6, 6.07) is 7.04. The number of aliphatic carboxylic acids is 1. The molecule has 1 aromatic carbocycles. The van der Waals surface area contributed by atoms with E-state index in [9.17, 15) is 14.7 Å². The van der Waals surface area contributed by atoms with Gasteiger partial charge in [-0.1, -0.05) is 41.3 Å². The van der Waals surface area contributed by atoms with E-state index < -0.39 is 11.5 Å². The minimum atomic E-state index is -1.06. The number of carbonyl (C=O) groups is 2. The van der Waals surface area contributed by atoms with E-state index in [0.717, 1.165) is 23.7 Å². The second-order valence-electron chi connectivity index (χ2n) is 5.27.